The van der Waals surface area contributed by atoms with E-state index in [1.807, 2.05) is 19.1 Å². The average Bonchev–Trinajstić information content (AvgIpc) is 3.16. The monoisotopic (exact) mass is 378 g/mol. The van der Waals surface area contributed by atoms with Gasteiger partial charge in [0, 0.05) is 18.5 Å². The number of nitrogens with one attached hydrogen (secondary N) is 1. The van der Waals surface area contributed by atoms with E-state index >= 15 is 0 Å². The van der Waals surface area contributed by atoms with Gasteiger partial charge in [0.05, 0.1) is 5.52 Å². The second-order valence-electron chi connectivity index (χ2n) is 7.33. The van der Waals surface area contributed by atoms with Crippen molar-refractivity contribution >= 4 is 27.8 Å². The average molecular weight is 378 g/mol. The van der Waals surface area contributed by atoms with E-state index < -0.39 is 0 Å². The van der Waals surface area contributed by atoms with Gasteiger partial charge in [-0.1, -0.05) is 78.9 Å². The zero-order valence-corrected chi connectivity index (χ0v) is 16.3. The van der Waals surface area contributed by atoms with Crippen LogP contribution in [-0.2, 0) is 13.1 Å². The van der Waals surface area contributed by atoms with Crippen LogP contribution >= 0.6 is 0 Å². The van der Waals surface area contributed by atoms with Crippen LogP contribution in [0.1, 0.15) is 17.0 Å². The predicted octanol–water partition coefficient (Wildman–Crippen LogP) is 5.63. The van der Waals surface area contributed by atoms with Crippen LogP contribution < -0.4 is 4.90 Å². The van der Waals surface area contributed by atoms with Crippen molar-refractivity contribution in [1.82, 2.24) is 15.0 Å². The zero-order chi connectivity index (χ0) is 19.6. The highest BCUT2D eigenvalue weighted by molar-refractivity contribution is 6.06. The van der Waals surface area contributed by atoms with E-state index in [1.54, 1.807) is 0 Å². The Bertz CT molecular complexity index is 1220. The van der Waals surface area contributed by atoms with Gasteiger partial charge in [-0.3, -0.25) is 0 Å². The van der Waals surface area contributed by atoms with Gasteiger partial charge in [-0.25, -0.2) is 9.97 Å². The van der Waals surface area contributed by atoms with Crippen LogP contribution in [0.4, 0.5) is 5.82 Å². The summed E-state index contributed by atoms with van der Waals surface area (Å²) in [5.74, 6) is 1.84. The van der Waals surface area contributed by atoms with Crippen LogP contribution in [0.2, 0.25) is 0 Å². The molecule has 4 nitrogen and oxygen atoms in total. The Morgan fingerprint density at radius 3 is 1.97 bits per heavy atom. The highest BCUT2D eigenvalue weighted by Gasteiger charge is 2.18. The first-order valence-corrected chi connectivity index (χ1v) is 9.86. The molecule has 0 bridgehead atoms. The molecule has 5 aromatic rings. The number of pyridine rings is 1. The second kappa shape index (κ2) is 7.40. The normalized spacial score (nSPS) is 11.2. The lowest BCUT2D eigenvalue weighted by molar-refractivity contribution is 0.789. The molecule has 2 heterocycles. The summed E-state index contributed by atoms with van der Waals surface area (Å²) in [7, 11) is 0. The van der Waals surface area contributed by atoms with Crippen LogP contribution in [0.25, 0.3) is 21.9 Å². The molecule has 0 amide bonds. The number of benzene rings is 3. The smallest absolute Gasteiger partial charge is 0.155 e. The lowest BCUT2D eigenvalue weighted by Crippen LogP contribution is -2.23. The number of aryl methyl sites for hydroxylation is 1. The first-order chi connectivity index (χ1) is 14.3. The lowest BCUT2D eigenvalue weighted by atomic mass is 10.1. The van der Waals surface area contributed by atoms with Gasteiger partial charge in [-0.2, -0.15) is 0 Å². The number of anilines is 1. The standard InChI is InChI=1S/C25H22N4/c1-18-26-23-21-14-8-9-15-22(21)28-25(24(23)27-18)29(16-19-10-4-2-5-11-19)17-20-12-6-3-7-13-20/h2-15H,16-17H2,1H3,(H,26,27). The minimum absolute atomic E-state index is 0.772. The number of hydrogen-bond acceptors (Lipinski definition) is 3. The topological polar surface area (TPSA) is 44.8 Å². The molecule has 1 N–H and O–H groups in total. The Labute approximate surface area is 169 Å². The number of nitrogens with zero attached hydrogens (tertiary/aromatic N) is 3. The van der Waals surface area contributed by atoms with Crippen molar-refractivity contribution in [2.24, 2.45) is 0 Å². The molecule has 29 heavy (non-hydrogen) atoms. The van der Waals surface area contributed by atoms with E-state index in [0.29, 0.717) is 0 Å². The molecule has 3 aromatic carbocycles. The Balaban J connectivity index is 1.68. The summed E-state index contributed by atoms with van der Waals surface area (Å²) >= 11 is 0. The molecule has 0 aliphatic carbocycles. The molecule has 2 aromatic heterocycles. The van der Waals surface area contributed by atoms with Crippen LogP contribution in [0.15, 0.2) is 84.9 Å². The van der Waals surface area contributed by atoms with Gasteiger partial charge in [0.25, 0.3) is 0 Å². The quantitative estimate of drug-likeness (QED) is 0.431. The third kappa shape index (κ3) is 3.45. The van der Waals surface area contributed by atoms with Gasteiger partial charge in [-0.15, -0.1) is 0 Å². The minimum atomic E-state index is 0.772. The van der Waals surface area contributed by atoms with E-state index in [0.717, 1.165) is 46.7 Å². The van der Waals surface area contributed by atoms with Gasteiger partial charge in [0.1, 0.15) is 16.9 Å². The third-order valence-corrected chi connectivity index (χ3v) is 5.16. The number of imidazole rings is 1. The van der Waals surface area contributed by atoms with Gasteiger partial charge in [0.15, 0.2) is 5.82 Å². The predicted molar refractivity (Wildman–Crippen MR) is 119 cm³/mol. The van der Waals surface area contributed by atoms with Gasteiger partial charge in [0.2, 0.25) is 0 Å². The van der Waals surface area contributed by atoms with E-state index in [4.69, 9.17) is 9.97 Å². The SMILES string of the molecule is Cc1nc2c([nH]1)c(N(Cc1ccccc1)Cc1ccccc1)nc1ccccc12. The van der Waals surface area contributed by atoms with Gasteiger partial charge in [-0.05, 0) is 24.1 Å². The zero-order valence-electron chi connectivity index (χ0n) is 16.3. The van der Waals surface area contributed by atoms with E-state index in [2.05, 4.69) is 82.7 Å². The number of fused-ring (bicyclic) bond motifs is 3. The largest absolute Gasteiger partial charge is 0.346 e. The van der Waals surface area contributed by atoms with Gasteiger partial charge >= 0.3 is 0 Å². The number of hydrogen-bond donors (Lipinski definition) is 1. The first kappa shape index (κ1) is 17.4. The van der Waals surface area contributed by atoms with Crippen molar-refractivity contribution < 1.29 is 0 Å². The molecular weight excluding hydrogens is 356 g/mol. The van der Waals surface area contributed by atoms with Crippen molar-refractivity contribution in [3.8, 4) is 0 Å². The van der Waals surface area contributed by atoms with Crippen LogP contribution in [0, 0.1) is 6.92 Å². The Hall–Kier alpha value is -3.66. The summed E-state index contributed by atoms with van der Waals surface area (Å²) in [6.45, 7) is 3.54. The van der Waals surface area contributed by atoms with Crippen molar-refractivity contribution in [2.75, 3.05) is 4.90 Å². The highest BCUT2D eigenvalue weighted by atomic mass is 15.2. The summed E-state index contributed by atoms with van der Waals surface area (Å²) in [6.07, 6.45) is 0. The van der Waals surface area contributed by atoms with E-state index in [-0.39, 0.29) is 0 Å². The molecule has 0 atom stereocenters. The lowest BCUT2D eigenvalue weighted by Gasteiger charge is -2.25. The summed E-state index contributed by atoms with van der Waals surface area (Å²) in [5, 5.41) is 1.08. The van der Waals surface area contributed by atoms with Crippen LogP contribution in [0.3, 0.4) is 0 Å². The van der Waals surface area contributed by atoms with E-state index in [9.17, 15) is 0 Å². The first-order valence-electron chi connectivity index (χ1n) is 9.86. The molecule has 0 fully saturated rings. The minimum Gasteiger partial charge on any atom is -0.346 e. The maximum atomic E-state index is 5.06. The Morgan fingerprint density at radius 2 is 1.31 bits per heavy atom. The number of H-pyrrole nitrogens is 1. The molecule has 5 rings (SSSR count). The van der Waals surface area contributed by atoms with Gasteiger partial charge < -0.3 is 9.88 Å². The fourth-order valence-corrected chi connectivity index (χ4v) is 3.83. The van der Waals surface area contributed by atoms with E-state index in [1.165, 1.54) is 11.1 Å². The molecule has 142 valence electrons. The van der Waals surface area contributed by atoms with Crippen molar-refractivity contribution in [2.45, 2.75) is 20.0 Å². The molecule has 0 aliphatic heterocycles. The summed E-state index contributed by atoms with van der Waals surface area (Å²) < 4.78 is 0. The number of para-hydroxylation sites is 1. The fourth-order valence-electron chi connectivity index (χ4n) is 3.83. The molecule has 4 heteroatoms. The molecule has 0 unspecified atom stereocenters. The highest BCUT2D eigenvalue weighted by Crippen LogP contribution is 2.31. The molecule has 0 aliphatic rings. The van der Waals surface area contributed by atoms with Crippen LogP contribution in [0.5, 0.6) is 0 Å². The number of rotatable bonds is 5. The maximum Gasteiger partial charge on any atom is 0.155 e. The fraction of sp³-hybridized carbons (Fsp3) is 0.120. The molecule has 0 radical (unpaired) electrons. The van der Waals surface area contributed by atoms with Crippen molar-refractivity contribution in [1.29, 1.82) is 0 Å². The second-order valence-corrected chi connectivity index (χ2v) is 7.33. The summed E-state index contributed by atoms with van der Waals surface area (Å²) in [4.78, 5) is 15.6. The summed E-state index contributed by atoms with van der Waals surface area (Å²) in [5.41, 5.74) is 5.44. The van der Waals surface area contributed by atoms with Crippen molar-refractivity contribution in [3.63, 3.8) is 0 Å². The molecule has 0 spiro atoms. The Morgan fingerprint density at radius 1 is 0.724 bits per heavy atom. The summed E-state index contributed by atoms with van der Waals surface area (Å²) in [6, 6.07) is 29.3. The third-order valence-electron chi connectivity index (χ3n) is 5.16. The number of aromatic nitrogens is 3. The van der Waals surface area contributed by atoms with Crippen molar-refractivity contribution in [3.05, 3.63) is 102 Å². The molecule has 0 saturated carbocycles. The maximum absolute atomic E-state index is 5.06. The Kier molecular flexibility index (Phi) is 4.45. The number of aromatic amines is 1. The van der Waals surface area contributed by atoms with Crippen LogP contribution in [-0.4, -0.2) is 15.0 Å². The molecule has 0 saturated heterocycles. The molecular formula is C25H22N4.